The van der Waals surface area contributed by atoms with Crippen LogP contribution in [0.4, 0.5) is 13.2 Å². The molecule has 7 heteroatoms. The monoisotopic (exact) mass is 314 g/mol. The molecule has 1 aliphatic heterocycles. The summed E-state index contributed by atoms with van der Waals surface area (Å²) >= 11 is 0. The van der Waals surface area contributed by atoms with Crippen LogP contribution in [0.5, 0.6) is 0 Å². The van der Waals surface area contributed by atoms with Crippen molar-refractivity contribution < 1.29 is 22.8 Å². The zero-order valence-corrected chi connectivity index (χ0v) is 11.9. The van der Waals surface area contributed by atoms with Gasteiger partial charge in [-0.25, -0.2) is 0 Å². The van der Waals surface area contributed by atoms with Gasteiger partial charge in [-0.1, -0.05) is 6.07 Å². The summed E-state index contributed by atoms with van der Waals surface area (Å²) in [7, 11) is 0. The number of primary amides is 1. The van der Waals surface area contributed by atoms with Gasteiger partial charge in [-0.05, 0) is 37.5 Å². The van der Waals surface area contributed by atoms with Gasteiger partial charge in [-0.3, -0.25) is 9.59 Å². The molecule has 120 valence electrons. The molecule has 0 saturated carbocycles. The fourth-order valence-electron chi connectivity index (χ4n) is 2.71. The summed E-state index contributed by atoms with van der Waals surface area (Å²) in [5, 5.41) is 0. The fourth-order valence-corrected chi connectivity index (χ4v) is 2.71. The first-order valence-electron chi connectivity index (χ1n) is 7.05. The van der Waals surface area contributed by atoms with Crippen LogP contribution in [0, 0.1) is 0 Å². The van der Waals surface area contributed by atoms with Crippen molar-refractivity contribution in [3.05, 3.63) is 35.4 Å². The first kappa shape index (κ1) is 16.3. The molecule has 22 heavy (non-hydrogen) atoms. The lowest BCUT2D eigenvalue weighted by molar-refractivity contribution is -0.137. The molecule has 0 aliphatic carbocycles. The second-order valence-electron chi connectivity index (χ2n) is 5.40. The van der Waals surface area contributed by atoms with Crippen LogP contribution in [-0.2, 0) is 11.0 Å². The maximum Gasteiger partial charge on any atom is 0.416 e. The predicted molar refractivity (Wildman–Crippen MR) is 73.9 cm³/mol. The Bertz CT molecular complexity index is 572. The maximum atomic E-state index is 12.7. The Hall–Kier alpha value is -2.05. The van der Waals surface area contributed by atoms with Crippen LogP contribution < -0.4 is 5.73 Å². The van der Waals surface area contributed by atoms with Gasteiger partial charge >= 0.3 is 6.18 Å². The van der Waals surface area contributed by atoms with Crippen molar-refractivity contribution in [1.82, 2.24) is 4.90 Å². The molecule has 1 aromatic rings. The smallest absolute Gasteiger partial charge is 0.370 e. The Balaban J connectivity index is 2.24. The van der Waals surface area contributed by atoms with Crippen molar-refractivity contribution in [3.63, 3.8) is 0 Å². The first-order chi connectivity index (χ1) is 10.3. The SMILES string of the molecule is NC(=O)C[C@H]1CCCCN1C(=O)c1cccc(C(F)(F)F)c1. The van der Waals surface area contributed by atoms with Gasteiger partial charge in [0.25, 0.3) is 5.91 Å². The molecule has 1 saturated heterocycles. The summed E-state index contributed by atoms with van der Waals surface area (Å²) in [6.45, 7) is 0.424. The molecule has 0 aromatic heterocycles. The van der Waals surface area contributed by atoms with Gasteiger partial charge < -0.3 is 10.6 Å². The van der Waals surface area contributed by atoms with Gasteiger partial charge in [-0.15, -0.1) is 0 Å². The van der Waals surface area contributed by atoms with Gasteiger partial charge in [-0.2, -0.15) is 13.2 Å². The van der Waals surface area contributed by atoms with E-state index in [1.165, 1.54) is 17.0 Å². The van der Waals surface area contributed by atoms with Crippen LogP contribution in [-0.4, -0.2) is 29.3 Å². The van der Waals surface area contributed by atoms with E-state index in [2.05, 4.69) is 0 Å². The number of rotatable bonds is 3. The molecule has 2 rings (SSSR count). The van der Waals surface area contributed by atoms with E-state index in [1.807, 2.05) is 0 Å². The van der Waals surface area contributed by atoms with Gasteiger partial charge in [0.2, 0.25) is 5.91 Å². The molecule has 0 spiro atoms. The van der Waals surface area contributed by atoms with Crippen molar-refractivity contribution in [3.8, 4) is 0 Å². The molecule has 0 radical (unpaired) electrons. The number of nitrogens with two attached hydrogens (primary N) is 1. The van der Waals surface area contributed by atoms with Crippen LogP contribution in [0.15, 0.2) is 24.3 Å². The first-order valence-corrected chi connectivity index (χ1v) is 7.05. The highest BCUT2D eigenvalue weighted by Crippen LogP contribution is 2.30. The minimum atomic E-state index is -4.50. The maximum absolute atomic E-state index is 12.7. The second-order valence-corrected chi connectivity index (χ2v) is 5.40. The van der Waals surface area contributed by atoms with Crippen molar-refractivity contribution in [1.29, 1.82) is 0 Å². The van der Waals surface area contributed by atoms with Crippen LogP contribution in [0.3, 0.4) is 0 Å². The molecule has 0 unspecified atom stereocenters. The number of halogens is 3. The molecule has 1 heterocycles. The number of amides is 2. The van der Waals surface area contributed by atoms with Crippen LogP contribution in [0.25, 0.3) is 0 Å². The molecular weight excluding hydrogens is 297 g/mol. The third kappa shape index (κ3) is 3.78. The lowest BCUT2D eigenvalue weighted by Crippen LogP contribution is -2.45. The molecule has 1 fully saturated rings. The molecule has 2 N–H and O–H groups in total. The number of hydrogen-bond acceptors (Lipinski definition) is 2. The third-order valence-corrected chi connectivity index (χ3v) is 3.76. The van der Waals surface area contributed by atoms with Crippen molar-refractivity contribution in [2.45, 2.75) is 37.9 Å². The highest BCUT2D eigenvalue weighted by Gasteiger charge is 2.33. The molecule has 1 atom stereocenters. The molecule has 0 bridgehead atoms. The van der Waals surface area contributed by atoms with E-state index >= 15 is 0 Å². The van der Waals surface area contributed by atoms with Crippen LogP contribution >= 0.6 is 0 Å². The Morgan fingerprint density at radius 1 is 1.27 bits per heavy atom. The van der Waals surface area contributed by atoms with E-state index < -0.39 is 23.6 Å². The number of likely N-dealkylation sites (tertiary alicyclic amines) is 1. The molecule has 4 nitrogen and oxygen atoms in total. The average molecular weight is 314 g/mol. The topological polar surface area (TPSA) is 63.4 Å². The molecule has 1 aliphatic rings. The van der Waals surface area contributed by atoms with E-state index in [9.17, 15) is 22.8 Å². The summed E-state index contributed by atoms with van der Waals surface area (Å²) in [6.07, 6.45) is -2.20. The van der Waals surface area contributed by atoms with Crippen LogP contribution in [0.1, 0.15) is 41.6 Å². The molecular formula is C15H17F3N2O2. The van der Waals surface area contributed by atoms with Gasteiger partial charge in [0.05, 0.1) is 5.56 Å². The van der Waals surface area contributed by atoms with E-state index in [0.29, 0.717) is 13.0 Å². The third-order valence-electron chi connectivity index (χ3n) is 3.76. The van der Waals surface area contributed by atoms with Crippen molar-refractivity contribution in [2.24, 2.45) is 5.73 Å². The Kier molecular flexibility index (Phi) is 4.73. The van der Waals surface area contributed by atoms with E-state index in [4.69, 9.17) is 5.73 Å². The lowest BCUT2D eigenvalue weighted by atomic mass is 9.97. The second kappa shape index (κ2) is 6.37. The van der Waals surface area contributed by atoms with Crippen molar-refractivity contribution >= 4 is 11.8 Å². The summed E-state index contributed by atoms with van der Waals surface area (Å²) in [5.41, 5.74) is 4.30. The molecule has 1 aromatic carbocycles. The number of piperidine rings is 1. The quantitative estimate of drug-likeness (QED) is 0.932. The van der Waals surface area contributed by atoms with E-state index in [1.54, 1.807) is 0 Å². The molecule has 2 amide bonds. The Morgan fingerprint density at radius 2 is 2.00 bits per heavy atom. The largest absolute Gasteiger partial charge is 0.416 e. The number of carbonyl (C=O) groups is 2. The Morgan fingerprint density at radius 3 is 2.64 bits per heavy atom. The minimum Gasteiger partial charge on any atom is -0.370 e. The number of carbonyl (C=O) groups excluding carboxylic acids is 2. The normalized spacial score (nSPS) is 19.0. The summed E-state index contributed by atoms with van der Waals surface area (Å²) in [5.74, 6) is -1.01. The average Bonchev–Trinajstić information content (AvgIpc) is 2.46. The zero-order chi connectivity index (χ0) is 16.3. The summed E-state index contributed by atoms with van der Waals surface area (Å²) < 4.78 is 38.2. The van der Waals surface area contributed by atoms with E-state index in [-0.39, 0.29) is 18.0 Å². The number of nitrogens with zero attached hydrogens (tertiary/aromatic N) is 1. The highest BCUT2D eigenvalue weighted by molar-refractivity contribution is 5.95. The Labute approximate surface area is 126 Å². The standard InChI is InChI=1S/C15H17F3N2O2/c16-15(17,18)11-5-3-4-10(8-11)14(22)20-7-2-1-6-12(20)9-13(19)21/h3-5,8,12H,1-2,6-7,9H2,(H2,19,21)/t12-/m1/s1. The highest BCUT2D eigenvalue weighted by atomic mass is 19.4. The van der Waals surface area contributed by atoms with Gasteiger partial charge in [0, 0.05) is 24.6 Å². The fraction of sp³-hybridized carbons (Fsp3) is 0.467. The number of benzene rings is 1. The van der Waals surface area contributed by atoms with E-state index in [0.717, 1.165) is 25.0 Å². The van der Waals surface area contributed by atoms with Gasteiger partial charge in [0.1, 0.15) is 0 Å². The minimum absolute atomic E-state index is 0.0220. The lowest BCUT2D eigenvalue weighted by Gasteiger charge is -2.35. The number of alkyl halides is 3. The summed E-state index contributed by atoms with van der Waals surface area (Å²) in [6, 6.07) is 4.00. The van der Waals surface area contributed by atoms with Crippen molar-refractivity contribution in [2.75, 3.05) is 6.54 Å². The predicted octanol–water partition coefficient (Wildman–Crippen LogP) is 2.58. The number of hydrogen-bond donors (Lipinski definition) is 1. The van der Waals surface area contributed by atoms with Gasteiger partial charge in [0.15, 0.2) is 0 Å². The van der Waals surface area contributed by atoms with Crippen LogP contribution in [0.2, 0.25) is 0 Å². The zero-order valence-electron chi connectivity index (χ0n) is 11.9. The summed E-state index contributed by atoms with van der Waals surface area (Å²) in [4.78, 5) is 25.0.